The highest BCUT2D eigenvalue weighted by Gasteiger charge is 2.40. The second-order valence-electron chi connectivity index (χ2n) is 8.00. The third kappa shape index (κ3) is 3.39. The first-order valence-electron chi connectivity index (χ1n) is 10.1. The Bertz CT molecular complexity index is 842. The Kier molecular flexibility index (Phi) is 5.10. The van der Waals surface area contributed by atoms with Gasteiger partial charge in [-0.1, -0.05) is 12.8 Å². The van der Waals surface area contributed by atoms with E-state index in [-0.39, 0.29) is 17.7 Å². The number of nitrogens with zero attached hydrogens (tertiary/aromatic N) is 2. The molecule has 0 spiro atoms. The molecule has 7 nitrogen and oxygen atoms in total. The van der Waals surface area contributed by atoms with E-state index >= 15 is 0 Å². The zero-order valence-electron chi connectivity index (χ0n) is 16.5. The van der Waals surface area contributed by atoms with E-state index in [4.69, 9.17) is 4.74 Å². The van der Waals surface area contributed by atoms with E-state index in [2.05, 4.69) is 9.88 Å². The molecule has 3 aliphatic rings. The average Bonchev–Trinajstić information content (AvgIpc) is 3.39. The number of barbiturate groups is 1. The monoisotopic (exact) mass is 385 g/mol. The lowest BCUT2D eigenvalue weighted by Crippen LogP contribution is -2.57. The van der Waals surface area contributed by atoms with Gasteiger partial charge in [-0.25, -0.2) is 4.79 Å². The Morgan fingerprint density at radius 3 is 2.57 bits per heavy atom. The van der Waals surface area contributed by atoms with Crippen LogP contribution in [0.4, 0.5) is 4.79 Å². The van der Waals surface area contributed by atoms with Gasteiger partial charge in [-0.15, -0.1) is 0 Å². The number of aromatic nitrogens is 1. The molecule has 1 N–H and O–H groups in total. The molecule has 1 aliphatic carbocycles. The van der Waals surface area contributed by atoms with Gasteiger partial charge < -0.3 is 9.30 Å². The molecule has 0 radical (unpaired) electrons. The maximum absolute atomic E-state index is 13.0. The van der Waals surface area contributed by atoms with Crippen LogP contribution in [0.25, 0.3) is 6.08 Å². The van der Waals surface area contributed by atoms with E-state index in [1.54, 1.807) is 6.08 Å². The molecule has 3 fully saturated rings. The van der Waals surface area contributed by atoms with Crippen molar-refractivity contribution in [3.05, 3.63) is 28.6 Å². The molecule has 28 heavy (non-hydrogen) atoms. The zero-order chi connectivity index (χ0) is 19.8. The molecule has 4 amide bonds. The van der Waals surface area contributed by atoms with E-state index in [1.807, 2.05) is 19.9 Å². The maximum Gasteiger partial charge on any atom is 0.331 e. The molecular weight excluding hydrogens is 358 g/mol. The van der Waals surface area contributed by atoms with Crippen molar-refractivity contribution in [1.29, 1.82) is 0 Å². The van der Waals surface area contributed by atoms with Crippen LogP contribution in [-0.2, 0) is 20.9 Å². The molecular formula is C21H27N3O4. The number of aryl methyl sites for hydroxylation is 1. The minimum absolute atomic E-state index is 0.0314. The van der Waals surface area contributed by atoms with Crippen molar-refractivity contribution in [2.24, 2.45) is 0 Å². The molecule has 4 rings (SSSR count). The summed E-state index contributed by atoms with van der Waals surface area (Å²) in [5.41, 5.74) is 2.91. The lowest BCUT2D eigenvalue weighted by atomic mass is 10.1. The van der Waals surface area contributed by atoms with E-state index in [0.29, 0.717) is 0 Å². The smallest absolute Gasteiger partial charge is 0.331 e. The second kappa shape index (κ2) is 7.54. The maximum atomic E-state index is 13.0. The summed E-state index contributed by atoms with van der Waals surface area (Å²) < 4.78 is 7.92. The molecule has 1 saturated carbocycles. The van der Waals surface area contributed by atoms with Crippen molar-refractivity contribution in [2.45, 2.75) is 71.1 Å². The summed E-state index contributed by atoms with van der Waals surface area (Å²) in [7, 11) is 0. The van der Waals surface area contributed by atoms with Gasteiger partial charge in [0.05, 0.1) is 6.10 Å². The third-order valence-electron chi connectivity index (χ3n) is 6.15. The minimum atomic E-state index is -0.617. The standard InChI is InChI=1S/C21H27N3O4/c1-13-10-15(14(2)23(13)12-17-8-5-9-28-17)11-18-19(25)22-21(27)24(20(18)26)16-6-3-4-7-16/h10-11,16-17H,3-9,12H2,1-2H3,(H,22,25,27)/b18-11-/t17-/m1/s1. The van der Waals surface area contributed by atoms with Crippen molar-refractivity contribution in [1.82, 2.24) is 14.8 Å². The number of amides is 4. The van der Waals surface area contributed by atoms with E-state index < -0.39 is 17.8 Å². The molecule has 0 bridgehead atoms. The number of rotatable bonds is 4. The fourth-order valence-electron chi connectivity index (χ4n) is 4.57. The highest BCUT2D eigenvalue weighted by molar-refractivity contribution is 6.31. The summed E-state index contributed by atoms with van der Waals surface area (Å²) >= 11 is 0. The third-order valence-corrected chi connectivity index (χ3v) is 6.15. The van der Waals surface area contributed by atoms with E-state index in [9.17, 15) is 14.4 Å². The average molecular weight is 385 g/mol. The highest BCUT2D eigenvalue weighted by atomic mass is 16.5. The van der Waals surface area contributed by atoms with Gasteiger partial charge in [-0.2, -0.15) is 0 Å². The summed E-state index contributed by atoms with van der Waals surface area (Å²) in [6.07, 6.45) is 7.57. The largest absolute Gasteiger partial charge is 0.376 e. The fourth-order valence-corrected chi connectivity index (χ4v) is 4.57. The van der Waals surface area contributed by atoms with E-state index in [0.717, 1.165) is 68.6 Å². The zero-order valence-corrected chi connectivity index (χ0v) is 16.5. The predicted octanol–water partition coefficient (Wildman–Crippen LogP) is 2.69. The van der Waals surface area contributed by atoms with Crippen LogP contribution in [0.2, 0.25) is 0 Å². The van der Waals surface area contributed by atoms with Gasteiger partial charge in [0, 0.05) is 30.6 Å². The van der Waals surface area contributed by atoms with Gasteiger partial charge in [-0.3, -0.25) is 19.8 Å². The first-order valence-corrected chi connectivity index (χ1v) is 10.1. The van der Waals surface area contributed by atoms with Crippen LogP contribution < -0.4 is 5.32 Å². The lowest BCUT2D eigenvalue weighted by molar-refractivity contribution is -0.131. The van der Waals surface area contributed by atoms with Crippen LogP contribution in [0.1, 0.15) is 55.5 Å². The summed E-state index contributed by atoms with van der Waals surface area (Å²) in [5.74, 6) is -1.10. The minimum Gasteiger partial charge on any atom is -0.376 e. The quantitative estimate of drug-likeness (QED) is 0.638. The number of hydrogen-bond acceptors (Lipinski definition) is 4. The Labute approximate surface area is 164 Å². The molecule has 3 heterocycles. The number of carbonyl (C=O) groups excluding carboxylic acids is 3. The summed E-state index contributed by atoms with van der Waals surface area (Å²) in [4.78, 5) is 38.8. The van der Waals surface area contributed by atoms with Crippen LogP contribution in [-0.4, -0.2) is 46.1 Å². The van der Waals surface area contributed by atoms with Gasteiger partial charge in [0.25, 0.3) is 11.8 Å². The summed E-state index contributed by atoms with van der Waals surface area (Å²) in [6.45, 7) is 5.58. The van der Waals surface area contributed by atoms with Gasteiger partial charge in [0.1, 0.15) is 5.57 Å². The topological polar surface area (TPSA) is 80.6 Å². The first-order chi connectivity index (χ1) is 13.5. The van der Waals surface area contributed by atoms with Crippen molar-refractivity contribution in [2.75, 3.05) is 6.61 Å². The Morgan fingerprint density at radius 1 is 1.14 bits per heavy atom. The van der Waals surface area contributed by atoms with Gasteiger partial charge in [0.2, 0.25) is 0 Å². The number of carbonyl (C=O) groups is 3. The molecule has 1 aromatic heterocycles. The van der Waals surface area contributed by atoms with E-state index in [1.165, 1.54) is 4.90 Å². The fraction of sp³-hybridized carbons (Fsp3) is 0.571. The van der Waals surface area contributed by atoms with Crippen LogP contribution in [0.3, 0.4) is 0 Å². The summed E-state index contributed by atoms with van der Waals surface area (Å²) in [5, 5.41) is 2.34. The number of hydrogen-bond donors (Lipinski definition) is 1. The summed E-state index contributed by atoms with van der Waals surface area (Å²) in [6, 6.07) is 1.27. The normalized spacial score (nSPS) is 25.2. The van der Waals surface area contributed by atoms with Crippen molar-refractivity contribution in [3.8, 4) is 0 Å². The number of ether oxygens (including phenoxy) is 1. The number of urea groups is 1. The lowest BCUT2D eigenvalue weighted by Gasteiger charge is -2.31. The molecule has 0 aromatic carbocycles. The predicted molar refractivity (Wildman–Crippen MR) is 103 cm³/mol. The molecule has 2 saturated heterocycles. The van der Waals surface area contributed by atoms with Crippen molar-refractivity contribution < 1.29 is 19.1 Å². The highest BCUT2D eigenvalue weighted by Crippen LogP contribution is 2.28. The van der Waals surface area contributed by atoms with Gasteiger partial charge in [-0.05, 0) is 57.2 Å². The number of nitrogens with one attached hydrogen (secondary N) is 1. The van der Waals surface area contributed by atoms with Gasteiger partial charge in [0.15, 0.2) is 0 Å². The number of imide groups is 2. The first kappa shape index (κ1) is 18.9. The second-order valence-corrected chi connectivity index (χ2v) is 8.00. The SMILES string of the molecule is Cc1cc(/C=C2/C(=O)NC(=O)N(C3CCCC3)C2=O)c(C)n1C[C@H]1CCCO1. The van der Waals surface area contributed by atoms with Crippen LogP contribution in [0.15, 0.2) is 11.6 Å². The van der Waals surface area contributed by atoms with Crippen molar-refractivity contribution in [3.63, 3.8) is 0 Å². The van der Waals surface area contributed by atoms with Crippen molar-refractivity contribution >= 4 is 23.9 Å². The molecule has 0 unspecified atom stereocenters. The van der Waals surface area contributed by atoms with Crippen LogP contribution in [0, 0.1) is 13.8 Å². The van der Waals surface area contributed by atoms with Crippen LogP contribution >= 0.6 is 0 Å². The van der Waals surface area contributed by atoms with Gasteiger partial charge >= 0.3 is 6.03 Å². The Hall–Kier alpha value is -2.41. The Balaban J connectivity index is 1.62. The molecule has 150 valence electrons. The van der Waals surface area contributed by atoms with Crippen LogP contribution in [0.5, 0.6) is 0 Å². The molecule has 1 atom stereocenters. The Morgan fingerprint density at radius 2 is 1.89 bits per heavy atom. The molecule has 7 heteroatoms. The molecule has 1 aromatic rings. The molecule has 2 aliphatic heterocycles.